The molecule has 2 nitrogen and oxygen atoms in total. The molecule has 0 saturated heterocycles. The van der Waals surface area contributed by atoms with Crippen LogP contribution < -0.4 is 5.73 Å². The summed E-state index contributed by atoms with van der Waals surface area (Å²) in [4.78, 5) is 2.27. The Labute approximate surface area is 56.3 Å². The molecule has 0 unspecified atom stereocenters. The van der Waals surface area contributed by atoms with Crippen LogP contribution in [0.5, 0.6) is 0 Å². The molecular formula is C7H14N2. The lowest BCUT2D eigenvalue weighted by molar-refractivity contribution is 0.364. The van der Waals surface area contributed by atoms with E-state index >= 15 is 0 Å². The number of allylic oxidation sites excluding steroid dienone is 1. The van der Waals surface area contributed by atoms with E-state index in [9.17, 15) is 0 Å². The van der Waals surface area contributed by atoms with Crippen LogP contribution >= 0.6 is 0 Å². The van der Waals surface area contributed by atoms with E-state index in [1.165, 1.54) is 19.4 Å². The Hall–Kier alpha value is -0.500. The summed E-state index contributed by atoms with van der Waals surface area (Å²) >= 11 is 0. The molecule has 0 atom stereocenters. The van der Waals surface area contributed by atoms with Gasteiger partial charge in [0.1, 0.15) is 0 Å². The number of nitrogens with zero attached hydrogens (tertiary/aromatic N) is 1. The molecule has 0 aliphatic carbocycles. The molecule has 0 aromatic carbocycles. The second-order valence-corrected chi connectivity index (χ2v) is 2.35. The largest absolute Gasteiger partial charge is 0.376 e. The molecule has 52 valence electrons. The maximum atomic E-state index is 5.38. The van der Waals surface area contributed by atoms with E-state index in [-0.39, 0.29) is 0 Å². The third-order valence-electron chi connectivity index (χ3n) is 1.55. The standard InChI is InChI=1S/C7H14N2/c8-4-7-9-5-2-1-3-6-9/h2,5H,1,3-4,6-8H2. The minimum absolute atomic E-state index is 0.768. The minimum Gasteiger partial charge on any atom is -0.376 e. The van der Waals surface area contributed by atoms with Crippen LogP contribution in [0, 0.1) is 0 Å². The Morgan fingerprint density at radius 2 is 2.44 bits per heavy atom. The third-order valence-corrected chi connectivity index (χ3v) is 1.55. The first-order chi connectivity index (χ1) is 4.43. The number of nitrogens with two attached hydrogens (primary N) is 1. The van der Waals surface area contributed by atoms with E-state index in [0.717, 1.165) is 13.1 Å². The molecule has 0 fully saturated rings. The van der Waals surface area contributed by atoms with E-state index in [2.05, 4.69) is 17.2 Å². The highest BCUT2D eigenvalue weighted by molar-refractivity contribution is 4.87. The Morgan fingerprint density at radius 1 is 1.56 bits per heavy atom. The predicted octanol–water partition coefficient (Wildman–Crippen LogP) is 0.555. The van der Waals surface area contributed by atoms with Gasteiger partial charge in [-0.25, -0.2) is 0 Å². The molecule has 9 heavy (non-hydrogen) atoms. The monoisotopic (exact) mass is 126 g/mol. The molecule has 0 aromatic rings. The van der Waals surface area contributed by atoms with E-state index in [1.54, 1.807) is 0 Å². The highest BCUT2D eigenvalue weighted by atomic mass is 15.1. The molecule has 0 aromatic heterocycles. The van der Waals surface area contributed by atoms with Gasteiger partial charge in [0.2, 0.25) is 0 Å². The van der Waals surface area contributed by atoms with Crippen molar-refractivity contribution < 1.29 is 0 Å². The molecule has 1 aliphatic rings. The first kappa shape index (κ1) is 6.62. The van der Waals surface area contributed by atoms with Crippen molar-refractivity contribution in [3.63, 3.8) is 0 Å². The summed E-state index contributed by atoms with van der Waals surface area (Å²) in [7, 11) is 0. The Morgan fingerprint density at radius 3 is 3.00 bits per heavy atom. The molecule has 1 heterocycles. The first-order valence-electron chi connectivity index (χ1n) is 3.54. The summed E-state index contributed by atoms with van der Waals surface area (Å²) in [6.07, 6.45) is 6.88. The van der Waals surface area contributed by atoms with Crippen molar-refractivity contribution >= 4 is 0 Å². The van der Waals surface area contributed by atoms with Crippen LogP contribution in [0.1, 0.15) is 12.8 Å². The van der Waals surface area contributed by atoms with Crippen molar-refractivity contribution in [2.45, 2.75) is 12.8 Å². The smallest absolute Gasteiger partial charge is 0.0295 e. The second kappa shape index (κ2) is 3.51. The Balaban J connectivity index is 2.23. The summed E-state index contributed by atoms with van der Waals surface area (Å²) < 4.78 is 0. The summed E-state index contributed by atoms with van der Waals surface area (Å²) in [6, 6.07) is 0. The fourth-order valence-electron chi connectivity index (χ4n) is 1.06. The number of hydrogen-bond donors (Lipinski definition) is 1. The van der Waals surface area contributed by atoms with Gasteiger partial charge in [0.25, 0.3) is 0 Å². The first-order valence-corrected chi connectivity index (χ1v) is 3.54. The van der Waals surface area contributed by atoms with Gasteiger partial charge < -0.3 is 10.6 Å². The highest BCUT2D eigenvalue weighted by Gasteiger charge is 1.99. The summed E-state index contributed by atoms with van der Waals surface area (Å²) in [5.74, 6) is 0. The van der Waals surface area contributed by atoms with Crippen LogP contribution in [0.4, 0.5) is 0 Å². The zero-order valence-corrected chi connectivity index (χ0v) is 5.71. The van der Waals surface area contributed by atoms with Gasteiger partial charge in [-0.1, -0.05) is 6.08 Å². The van der Waals surface area contributed by atoms with Gasteiger partial charge in [-0.3, -0.25) is 0 Å². The van der Waals surface area contributed by atoms with Crippen LogP contribution in [0.15, 0.2) is 12.3 Å². The Bertz CT molecular complexity index is 99.1. The normalized spacial score (nSPS) is 18.6. The van der Waals surface area contributed by atoms with Crippen molar-refractivity contribution in [1.29, 1.82) is 0 Å². The van der Waals surface area contributed by atoms with E-state index in [4.69, 9.17) is 5.73 Å². The van der Waals surface area contributed by atoms with Crippen LogP contribution in [-0.4, -0.2) is 24.5 Å². The van der Waals surface area contributed by atoms with Crippen molar-refractivity contribution in [2.24, 2.45) is 5.73 Å². The van der Waals surface area contributed by atoms with Gasteiger partial charge in [0, 0.05) is 19.6 Å². The van der Waals surface area contributed by atoms with Crippen LogP contribution in [0.2, 0.25) is 0 Å². The van der Waals surface area contributed by atoms with E-state index < -0.39 is 0 Å². The topological polar surface area (TPSA) is 29.3 Å². The molecular weight excluding hydrogens is 112 g/mol. The van der Waals surface area contributed by atoms with Gasteiger partial charge >= 0.3 is 0 Å². The van der Waals surface area contributed by atoms with Crippen LogP contribution in [0.25, 0.3) is 0 Å². The lowest BCUT2D eigenvalue weighted by Crippen LogP contribution is -2.27. The molecule has 2 N–H and O–H groups in total. The average molecular weight is 126 g/mol. The lowest BCUT2D eigenvalue weighted by atomic mass is 10.2. The Kier molecular flexibility index (Phi) is 2.58. The fourth-order valence-corrected chi connectivity index (χ4v) is 1.06. The molecule has 1 aliphatic heterocycles. The average Bonchev–Trinajstić information content (AvgIpc) is 1.91. The molecule has 0 bridgehead atoms. The van der Waals surface area contributed by atoms with Gasteiger partial charge in [-0.2, -0.15) is 0 Å². The molecule has 0 radical (unpaired) electrons. The third kappa shape index (κ3) is 2.06. The summed E-state index contributed by atoms with van der Waals surface area (Å²) in [6.45, 7) is 2.97. The summed E-state index contributed by atoms with van der Waals surface area (Å²) in [5.41, 5.74) is 5.38. The van der Waals surface area contributed by atoms with E-state index in [0.29, 0.717) is 0 Å². The SMILES string of the molecule is NCCN1C=CCCC1. The van der Waals surface area contributed by atoms with E-state index in [1.807, 2.05) is 0 Å². The van der Waals surface area contributed by atoms with Crippen molar-refractivity contribution in [3.8, 4) is 0 Å². The second-order valence-electron chi connectivity index (χ2n) is 2.35. The zero-order chi connectivity index (χ0) is 6.53. The predicted molar refractivity (Wildman–Crippen MR) is 39.0 cm³/mol. The number of hydrogen-bond acceptors (Lipinski definition) is 2. The van der Waals surface area contributed by atoms with Gasteiger partial charge in [-0.15, -0.1) is 0 Å². The lowest BCUT2D eigenvalue weighted by Gasteiger charge is -2.21. The maximum absolute atomic E-state index is 5.38. The maximum Gasteiger partial charge on any atom is 0.0295 e. The minimum atomic E-state index is 0.768. The zero-order valence-electron chi connectivity index (χ0n) is 5.71. The molecule has 1 rings (SSSR count). The molecule has 0 saturated carbocycles. The highest BCUT2D eigenvalue weighted by Crippen LogP contribution is 2.03. The molecule has 0 spiro atoms. The van der Waals surface area contributed by atoms with Crippen molar-refractivity contribution in [1.82, 2.24) is 4.90 Å². The van der Waals surface area contributed by atoms with Gasteiger partial charge in [-0.05, 0) is 19.0 Å². The number of rotatable bonds is 2. The molecule has 2 heteroatoms. The quantitative estimate of drug-likeness (QED) is 0.585. The van der Waals surface area contributed by atoms with Crippen LogP contribution in [-0.2, 0) is 0 Å². The van der Waals surface area contributed by atoms with Gasteiger partial charge in [0.05, 0.1) is 0 Å². The van der Waals surface area contributed by atoms with Gasteiger partial charge in [0.15, 0.2) is 0 Å². The van der Waals surface area contributed by atoms with Crippen molar-refractivity contribution in [2.75, 3.05) is 19.6 Å². The van der Waals surface area contributed by atoms with Crippen LogP contribution in [0.3, 0.4) is 0 Å². The van der Waals surface area contributed by atoms with Crippen molar-refractivity contribution in [3.05, 3.63) is 12.3 Å². The summed E-state index contributed by atoms with van der Waals surface area (Å²) in [5, 5.41) is 0. The fraction of sp³-hybridized carbons (Fsp3) is 0.714. The molecule has 0 amide bonds.